The fourth-order valence-corrected chi connectivity index (χ4v) is 0.860. The summed E-state index contributed by atoms with van der Waals surface area (Å²) < 4.78 is 0. The second kappa shape index (κ2) is 5.04. The van der Waals surface area contributed by atoms with E-state index in [2.05, 4.69) is 9.78 Å². The van der Waals surface area contributed by atoms with Crippen LogP contribution in [0.15, 0.2) is 30.3 Å². The average molecular weight is 194 g/mol. The first kappa shape index (κ1) is 10.3. The summed E-state index contributed by atoms with van der Waals surface area (Å²) in [6.07, 6.45) is 2.79. The van der Waals surface area contributed by atoms with E-state index in [1.165, 1.54) is 25.3 Å². The number of aromatic hydroxyl groups is 1. The van der Waals surface area contributed by atoms with Gasteiger partial charge in [0.05, 0.1) is 7.11 Å². The fourth-order valence-electron chi connectivity index (χ4n) is 0.860. The van der Waals surface area contributed by atoms with E-state index < -0.39 is 5.97 Å². The summed E-state index contributed by atoms with van der Waals surface area (Å²) >= 11 is 0. The third-order valence-electron chi connectivity index (χ3n) is 1.47. The van der Waals surface area contributed by atoms with Crippen molar-refractivity contribution < 1.29 is 19.7 Å². The molecular formula is C10H10O4. The Bertz CT molecular complexity index is 326. The quantitative estimate of drug-likeness (QED) is 0.450. The Hall–Kier alpha value is -1.81. The molecule has 1 aromatic rings. The molecule has 0 aliphatic carbocycles. The molecule has 0 atom stereocenters. The molecule has 0 aromatic heterocycles. The molecule has 0 bridgehead atoms. The topological polar surface area (TPSA) is 55.8 Å². The molecule has 0 fully saturated rings. The van der Waals surface area contributed by atoms with Crippen molar-refractivity contribution in [2.75, 3.05) is 7.11 Å². The normalized spacial score (nSPS) is 10.4. The summed E-state index contributed by atoms with van der Waals surface area (Å²) in [7, 11) is 1.26. The van der Waals surface area contributed by atoms with Crippen molar-refractivity contribution in [2.45, 2.75) is 0 Å². The zero-order valence-electron chi connectivity index (χ0n) is 7.64. The van der Waals surface area contributed by atoms with Gasteiger partial charge in [-0.2, -0.15) is 4.89 Å². The maximum Gasteiger partial charge on any atom is 0.365 e. The van der Waals surface area contributed by atoms with E-state index in [9.17, 15) is 4.79 Å². The van der Waals surface area contributed by atoms with Gasteiger partial charge in [0.15, 0.2) is 0 Å². The van der Waals surface area contributed by atoms with Crippen LogP contribution >= 0.6 is 0 Å². The van der Waals surface area contributed by atoms with E-state index in [1.54, 1.807) is 18.2 Å². The second-order valence-corrected chi connectivity index (χ2v) is 2.49. The molecule has 0 aliphatic heterocycles. The molecule has 0 aliphatic rings. The van der Waals surface area contributed by atoms with Gasteiger partial charge in [-0.25, -0.2) is 4.79 Å². The zero-order valence-corrected chi connectivity index (χ0v) is 7.64. The minimum absolute atomic E-state index is 0.182. The van der Waals surface area contributed by atoms with E-state index in [4.69, 9.17) is 5.11 Å². The SMILES string of the molecule is COOC(=O)C=Cc1ccc(O)cc1. The van der Waals surface area contributed by atoms with Gasteiger partial charge in [-0.1, -0.05) is 12.1 Å². The summed E-state index contributed by atoms with van der Waals surface area (Å²) in [5, 5.41) is 8.98. The molecule has 74 valence electrons. The minimum Gasteiger partial charge on any atom is -0.508 e. The third-order valence-corrected chi connectivity index (χ3v) is 1.47. The summed E-state index contributed by atoms with van der Waals surface area (Å²) in [5.41, 5.74) is 0.788. The van der Waals surface area contributed by atoms with Crippen LogP contribution in [0.25, 0.3) is 6.08 Å². The van der Waals surface area contributed by atoms with Crippen molar-refractivity contribution in [1.29, 1.82) is 0 Å². The largest absolute Gasteiger partial charge is 0.508 e. The molecule has 4 nitrogen and oxygen atoms in total. The zero-order chi connectivity index (χ0) is 10.4. The minimum atomic E-state index is -0.583. The highest BCUT2D eigenvalue weighted by molar-refractivity contribution is 5.86. The number of hydrogen-bond acceptors (Lipinski definition) is 4. The lowest BCUT2D eigenvalue weighted by Gasteiger charge is -1.94. The molecular weight excluding hydrogens is 184 g/mol. The molecule has 0 spiro atoms. The first-order valence-electron chi connectivity index (χ1n) is 3.94. The highest BCUT2D eigenvalue weighted by atomic mass is 17.2. The number of phenolic OH excluding ortho intramolecular Hbond substituents is 1. The monoisotopic (exact) mass is 194 g/mol. The number of rotatable bonds is 3. The summed E-state index contributed by atoms with van der Waals surface area (Å²) in [6, 6.07) is 6.40. The predicted molar refractivity (Wildman–Crippen MR) is 50.2 cm³/mol. The molecule has 0 saturated carbocycles. The third kappa shape index (κ3) is 3.28. The van der Waals surface area contributed by atoms with Gasteiger partial charge < -0.3 is 5.11 Å². The Labute approximate surface area is 81.3 Å². The van der Waals surface area contributed by atoms with Crippen molar-refractivity contribution in [3.63, 3.8) is 0 Å². The number of carbonyl (C=O) groups excluding carboxylic acids is 1. The predicted octanol–water partition coefficient (Wildman–Crippen LogP) is 1.51. The van der Waals surface area contributed by atoms with Gasteiger partial charge >= 0.3 is 5.97 Å². The maximum absolute atomic E-state index is 10.8. The lowest BCUT2D eigenvalue weighted by molar-refractivity contribution is -0.249. The molecule has 0 unspecified atom stereocenters. The molecule has 1 rings (SSSR count). The number of hydrogen-bond donors (Lipinski definition) is 1. The van der Waals surface area contributed by atoms with E-state index in [0.29, 0.717) is 0 Å². The molecule has 4 heteroatoms. The van der Waals surface area contributed by atoms with E-state index in [1.807, 2.05) is 0 Å². The standard InChI is InChI=1S/C10H10O4/c1-13-14-10(12)7-4-8-2-5-9(11)6-3-8/h2-7,11H,1H3. The van der Waals surface area contributed by atoms with Gasteiger partial charge in [-0.05, 0) is 23.8 Å². The van der Waals surface area contributed by atoms with Gasteiger partial charge in [0.1, 0.15) is 5.75 Å². The highest BCUT2D eigenvalue weighted by Gasteiger charge is 1.95. The first-order valence-corrected chi connectivity index (χ1v) is 3.94. The average Bonchev–Trinajstić information content (AvgIpc) is 2.17. The van der Waals surface area contributed by atoms with Crippen LogP contribution in [0.5, 0.6) is 5.75 Å². The maximum atomic E-state index is 10.8. The van der Waals surface area contributed by atoms with Crippen molar-refractivity contribution in [3.05, 3.63) is 35.9 Å². The summed E-state index contributed by atoms with van der Waals surface area (Å²) in [4.78, 5) is 19.2. The van der Waals surface area contributed by atoms with Gasteiger partial charge in [-0.3, -0.25) is 4.89 Å². The summed E-state index contributed by atoms with van der Waals surface area (Å²) in [6.45, 7) is 0. The van der Waals surface area contributed by atoms with Gasteiger partial charge in [0, 0.05) is 6.08 Å². The number of carbonyl (C=O) groups is 1. The number of benzene rings is 1. The lowest BCUT2D eigenvalue weighted by atomic mass is 10.2. The first-order chi connectivity index (χ1) is 6.72. The Morgan fingerprint density at radius 3 is 2.57 bits per heavy atom. The van der Waals surface area contributed by atoms with Crippen LogP contribution in [-0.2, 0) is 14.6 Å². The smallest absolute Gasteiger partial charge is 0.365 e. The van der Waals surface area contributed by atoms with Crippen LogP contribution in [-0.4, -0.2) is 18.2 Å². The van der Waals surface area contributed by atoms with E-state index in [0.717, 1.165) is 5.56 Å². The Morgan fingerprint density at radius 2 is 2.00 bits per heavy atom. The van der Waals surface area contributed by atoms with Crippen molar-refractivity contribution in [1.82, 2.24) is 0 Å². The molecule has 1 aromatic carbocycles. The Balaban J connectivity index is 2.60. The van der Waals surface area contributed by atoms with Gasteiger partial charge in [0.2, 0.25) is 0 Å². The Kier molecular flexibility index (Phi) is 3.69. The fraction of sp³-hybridized carbons (Fsp3) is 0.100. The number of phenols is 1. The van der Waals surface area contributed by atoms with Crippen LogP contribution in [0.4, 0.5) is 0 Å². The van der Waals surface area contributed by atoms with Crippen LogP contribution in [0, 0.1) is 0 Å². The van der Waals surface area contributed by atoms with Crippen molar-refractivity contribution >= 4 is 12.0 Å². The van der Waals surface area contributed by atoms with E-state index in [-0.39, 0.29) is 5.75 Å². The Morgan fingerprint density at radius 1 is 1.36 bits per heavy atom. The highest BCUT2D eigenvalue weighted by Crippen LogP contribution is 2.10. The summed E-state index contributed by atoms with van der Waals surface area (Å²) in [5.74, 6) is -0.401. The van der Waals surface area contributed by atoms with Crippen molar-refractivity contribution in [2.24, 2.45) is 0 Å². The second-order valence-electron chi connectivity index (χ2n) is 2.49. The molecule has 1 N–H and O–H groups in total. The van der Waals surface area contributed by atoms with Crippen LogP contribution in [0.3, 0.4) is 0 Å². The van der Waals surface area contributed by atoms with E-state index >= 15 is 0 Å². The van der Waals surface area contributed by atoms with Gasteiger partial charge in [-0.15, -0.1) is 0 Å². The van der Waals surface area contributed by atoms with Crippen LogP contribution in [0.2, 0.25) is 0 Å². The molecule has 0 heterocycles. The van der Waals surface area contributed by atoms with Crippen LogP contribution in [0.1, 0.15) is 5.56 Å². The molecule has 0 saturated heterocycles. The van der Waals surface area contributed by atoms with Crippen LogP contribution < -0.4 is 0 Å². The van der Waals surface area contributed by atoms with Gasteiger partial charge in [0.25, 0.3) is 0 Å². The molecule has 0 amide bonds. The van der Waals surface area contributed by atoms with Crippen molar-refractivity contribution in [3.8, 4) is 5.75 Å². The molecule has 14 heavy (non-hydrogen) atoms. The molecule has 0 radical (unpaired) electrons. The lowest BCUT2D eigenvalue weighted by Crippen LogP contribution is -1.97.